The van der Waals surface area contributed by atoms with Crippen molar-refractivity contribution in [3.8, 4) is 0 Å². The van der Waals surface area contributed by atoms with Crippen molar-refractivity contribution < 1.29 is 8.42 Å². The highest BCUT2D eigenvalue weighted by molar-refractivity contribution is 7.88. The van der Waals surface area contributed by atoms with Crippen LogP contribution in [-0.2, 0) is 29.4 Å². The fourth-order valence-corrected chi connectivity index (χ4v) is 2.82. The van der Waals surface area contributed by atoms with Crippen LogP contribution in [0, 0.1) is 0 Å². The summed E-state index contributed by atoms with van der Waals surface area (Å²) in [6.07, 6.45) is 3.78. The summed E-state index contributed by atoms with van der Waals surface area (Å²) in [5.74, 6) is 0.0146. The Bertz CT molecular complexity index is 603. The fraction of sp³-hybridized carbons (Fsp3) is 0.231. The van der Waals surface area contributed by atoms with Crippen LogP contribution in [0.15, 0.2) is 48.8 Å². The first-order chi connectivity index (χ1) is 8.55. The van der Waals surface area contributed by atoms with Gasteiger partial charge in [0.1, 0.15) is 0 Å². The first-order valence-electron chi connectivity index (χ1n) is 5.67. The van der Waals surface area contributed by atoms with Gasteiger partial charge in [0.05, 0.1) is 5.75 Å². The van der Waals surface area contributed by atoms with Gasteiger partial charge in [0.2, 0.25) is 10.0 Å². The molecule has 18 heavy (non-hydrogen) atoms. The first-order valence-corrected chi connectivity index (χ1v) is 7.32. The molecule has 0 atom stereocenters. The van der Waals surface area contributed by atoms with E-state index in [-0.39, 0.29) is 5.75 Å². The molecule has 1 heterocycles. The van der Waals surface area contributed by atoms with E-state index in [0.717, 1.165) is 11.1 Å². The Morgan fingerprint density at radius 3 is 2.44 bits per heavy atom. The van der Waals surface area contributed by atoms with Gasteiger partial charge in [-0.3, -0.25) is 0 Å². The van der Waals surface area contributed by atoms with Gasteiger partial charge in [-0.15, -0.1) is 0 Å². The SMILES string of the molecule is Cn1ccc(CNS(=O)(=O)Cc2ccccc2)c1. The molecule has 0 aliphatic rings. The van der Waals surface area contributed by atoms with Crippen LogP contribution in [0.1, 0.15) is 11.1 Å². The highest BCUT2D eigenvalue weighted by Crippen LogP contribution is 2.05. The number of nitrogens with zero attached hydrogens (tertiary/aromatic N) is 1. The maximum absolute atomic E-state index is 11.9. The second kappa shape index (κ2) is 5.37. The van der Waals surface area contributed by atoms with Crippen molar-refractivity contribution >= 4 is 10.0 Å². The molecule has 0 spiro atoms. The third kappa shape index (κ3) is 3.72. The normalized spacial score (nSPS) is 11.6. The molecular weight excluding hydrogens is 248 g/mol. The molecule has 2 aromatic rings. The van der Waals surface area contributed by atoms with Gasteiger partial charge in [-0.2, -0.15) is 0 Å². The molecule has 1 N–H and O–H groups in total. The number of aromatic nitrogens is 1. The molecule has 0 unspecified atom stereocenters. The van der Waals surface area contributed by atoms with Crippen LogP contribution in [-0.4, -0.2) is 13.0 Å². The summed E-state index contributed by atoms with van der Waals surface area (Å²) < 4.78 is 28.2. The van der Waals surface area contributed by atoms with Crippen molar-refractivity contribution in [1.82, 2.24) is 9.29 Å². The van der Waals surface area contributed by atoms with Crippen molar-refractivity contribution in [1.29, 1.82) is 0 Å². The number of rotatable bonds is 5. The van der Waals surface area contributed by atoms with Gasteiger partial charge >= 0.3 is 0 Å². The van der Waals surface area contributed by atoms with E-state index in [1.807, 2.05) is 60.4 Å². The van der Waals surface area contributed by atoms with Gasteiger partial charge in [-0.25, -0.2) is 13.1 Å². The maximum atomic E-state index is 11.9. The Labute approximate surface area is 107 Å². The number of benzene rings is 1. The molecule has 5 heteroatoms. The van der Waals surface area contributed by atoms with Crippen LogP contribution in [0.25, 0.3) is 0 Å². The Kier molecular flexibility index (Phi) is 3.84. The Morgan fingerprint density at radius 1 is 1.11 bits per heavy atom. The number of nitrogens with one attached hydrogen (secondary N) is 1. The van der Waals surface area contributed by atoms with Crippen LogP contribution in [0.2, 0.25) is 0 Å². The summed E-state index contributed by atoms with van der Waals surface area (Å²) in [7, 11) is -1.38. The van der Waals surface area contributed by atoms with Gasteiger partial charge in [-0.05, 0) is 17.2 Å². The number of hydrogen-bond acceptors (Lipinski definition) is 2. The predicted octanol–water partition coefficient (Wildman–Crippen LogP) is 1.64. The van der Waals surface area contributed by atoms with Gasteiger partial charge in [-0.1, -0.05) is 30.3 Å². The summed E-state index contributed by atoms with van der Waals surface area (Å²) in [5.41, 5.74) is 1.74. The molecule has 0 amide bonds. The predicted molar refractivity (Wildman–Crippen MR) is 71.3 cm³/mol. The zero-order valence-corrected chi connectivity index (χ0v) is 11.0. The standard InChI is InChI=1S/C13H16N2O2S/c1-15-8-7-13(10-15)9-14-18(16,17)11-12-5-3-2-4-6-12/h2-8,10,14H,9,11H2,1H3. The average Bonchev–Trinajstić information content (AvgIpc) is 2.74. The topological polar surface area (TPSA) is 51.1 Å². The highest BCUT2D eigenvalue weighted by atomic mass is 32.2. The molecule has 0 aliphatic heterocycles. The summed E-state index contributed by atoms with van der Waals surface area (Å²) in [6.45, 7) is 0.329. The van der Waals surface area contributed by atoms with E-state index in [1.165, 1.54) is 0 Å². The molecule has 0 saturated heterocycles. The first kappa shape index (κ1) is 12.9. The highest BCUT2D eigenvalue weighted by Gasteiger charge is 2.11. The second-order valence-corrected chi connectivity index (χ2v) is 6.06. The Morgan fingerprint density at radius 2 is 1.83 bits per heavy atom. The van der Waals surface area contributed by atoms with Gasteiger partial charge in [0, 0.05) is 26.0 Å². The molecule has 1 aromatic carbocycles. The lowest BCUT2D eigenvalue weighted by molar-refractivity contribution is 0.580. The summed E-state index contributed by atoms with van der Waals surface area (Å²) >= 11 is 0. The van der Waals surface area contributed by atoms with E-state index in [2.05, 4.69) is 4.72 Å². The van der Waals surface area contributed by atoms with E-state index < -0.39 is 10.0 Å². The zero-order valence-electron chi connectivity index (χ0n) is 10.2. The maximum Gasteiger partial charge on any atom is 0.216 e. The quantitative estimate of drug-likeness (QED) is 0.892. The minimum atomic E-state index is -3.28. The smallest absolute Gasteiger partial charge is 0.216 e. The van der Waals surface area contributed by atoms with Gasteiger partial charge in [0.25, 0.3) is 0 Å². The van der Waals surface area contributed by atoms with Crippen LogP contribution < -0.4 is 4.72 Å². The third-order valence-corrected chi connectivity index (χ3v) is 3.89. The summed E-state index contributed by atoms with van der Waals surface area (Å²) in [4.78, 5) is 0. The summed E-state index contributed by atoms with van der Waals surface area (Å²) in [5, 5.41) is 0. The minimum Gasteiger partial charge on any atom is -0.357 e. The Balaban J connectivity index is 1.96. The van der Waals surface area contributed by atoms with Gasteiger partial charge in [0.15, 0.2) is 0 Å². The van der Waals surface area contributed by atoms with Crippen molar-refractivity contribution in [2.24, 2.45) is 7.05 Å². The average molecular weight is 264 g/mol. The van der Waals surface area contributed by atoms with Crippen molar-refractivity contribution in [3.05, 3.63) is 59.9 Å². The molecule has 0 radical (unpaired) electrons. The lowest BCUT2D eigenvalue weighted by atomic mass is 10.2. The molecule has 0 aliphatic carbocycles. The number of aryl methyl sites for hydroxylation is 1. The van der Waals surface area contributed by atoms with Crippen LogP contribution in [0.3, 0.4) is 0 Å². The van der Waals surface area contributed by atoms with E-state index in [4.69, 9.17) is 0 Å². The largest absolute Gasteiger partial charge is 0.357 e. The van der Waals surface area contributed by atoms with Crippen LogP contribution >= 0.6 is 0 Å². The van der Waals surface area contributed by atoms with E-state index in [1.54, 1.807) is 0 Å². The van der Waals surface area contributed by atoms with E-state index in [9.17, 15) is 8.42 Å². The molecule has 1 aromatic heterocycles. The van der Waals surface area contributed by atoms with E-state index in [0.29, 0.717) is 6.54 Å². The van der Waals surface area contributed by atoms with Crippen molar-refractivity contribution in [2.45, 2.75) is 12.3 Å². The van der Waals surface area contributed by atoms with Gasteiger partial charge < -0.3 is 4.57 Å². The number of hydrogen-bond donors (Lipinski definition) is 1. The second-order valence-electron chi connectivity index (χ2n) is 4.25. The number of sulfonamides is 1. The lowest BCUT2D eigenvalue weighted by Gasteiger charge is -2.05. The minimum absolute atomic E-state index is 0.0146. The molecule has 96 valence electrons. The molecule has 0 fully saturated rings. The van der Waals surface area contributed by atoms with E-state index >= 15 is 0 Å². The van der Waals surface area contributed by atoms with Crippen molar-refractivity contribution in [3.63, 3.8) is 0 Å². The van der Waals surface area contributed by atoms with Crippen LogP contribution in [0.5, 0.6) is 0 Å². The third-order valence-electron chi connectivity index (χ3n) is 2.59. The monoisotopic (exact) mass is 264 g/mol. The fourth-order valence-electron chi connectivity index (χ4n) is 1.70. The zero-order chi connectivity index (χ0) is 13.0. The molecule has 0 saturated carbocycles. The summed E-state index contributed by atoms with van der Waals surface area (Å²) in [6, 6.07) is 11.0. The molecule has 4 nitrogen and oxygen atoms in total. The molecular formula is C13H16N2O2S. The molecule has 2 rings (SSSR count). The van der Waals surface area contributed by atoms with Crippen LogP contribution in [0.4, 0.5) is 0 Å². The lowest BCUT2D eigenvalue weighted by Crippen LogP contribution is -2.24. The Hall–Kier alpha value is -1.59. The van der Waals surface area contributed by atoms with Crippen molar-refractivity contribution in [2.75, 3.05) is 0 Å². The molecule has 0 bridgehead atoms.